The van der Waals surface area contributed by atoms with E-state index < -0.39 is 73.0 Å². The van der Waals surface area contributed by atoms with E-state index in [-0.39, 0.29) is 51.0 Å². The van der Waals surface area contributed by atoms with Crippen molar-refractivity contribution in [2.24, 2.45) is 0 Å². The fourth-order valence-electron chi connectivity index (χ4n) is 7.16. The molecule has 6 N–H and O–H groups in total. The van der Waals surface area contributed by atoms with E-state index in [9.17, 15) is 34.5 Å². The molecule has 8 rings (SSSR count). The molecule has 4 fully saturated rings. The van der Waals surface area contributed by atoms with Crippen molar-refractivity contribution in [3.63, 3.8) is 0 Å². The lowest BCUT2D eigenvalue weighted by Gasteiger charge is -2.24. The van der Waals surface area contributed by atoms with Crippen molar-refractivity contribution >= 4 is 57.8 Å². The number of carbonyl (C=O) groups excluding carboxylic acids is 3. The van der Waals surface area contributed by atoms with Crippen molar-refractivity contribution < 1.29 is 72.8 Å². The molecule has 25 heteroatoms. The summed E-state index contributed by atoms with van der Waals surface area (Å²) in [5, 5.41) is 43.6. The molecule has 0 bridgehead atoms. The number of carbonyl (C=O) groups is 4. The Morgan fingerprint density at radius 3 is 1.62 bits per heavy atom. The Morgan fingerprint density at radius 1 is 0.677 bits per heavy atom. The molecule has 0 aliphatic carbocycles. The second-order valence-electron chi connectivity index (χ2n) is 15.2. The number of carboxylic acid groups (broad SMARTS) is 1. The third kappa shape index (κ3) is 11.8. The minimum atomic E-state index is -1.19. The first kappa shape index (κ1) is 48.7. The third-order valence-electron chi connectivity index (χ3n) is 10.7. The van der Waals surface area contributed by atoms with Crippen LogP contribution in [0.15, 0.2) is 25.3 Å². The van der Waals surface area contributed by atoms with E-state index in [4.69, 9.17) is 38.3 Å². The molecule has 8 heterocycles. The van der Waals surface area contributed by atoms with Gasteiger partial charge in [0.25, 0.3) is 0 Å². The van der Waals surface area contributed by atoms with E-state index >= 15 is 0 Å². The van der Waals surface area contributed by atoms with Gasteiger partial charge in [-0.3, -0.25) is 28.3 Å². The average Bonchev–Trinajstić information content (AvgIpc) is 4.20. The van der Waals surface area contributed by atoms with Crippen molar-refractivity contribution in [3.05, 3.63) is 25.3 Å². The number of ether oxygens (including phenoxy) is 7. The SMILES string of the molecule is CCC(=O)O.CCC(=O)OCC1OC(n2cnc3c(NC4CCOC4)ncnc32)C(OC(=O)CC)C1OC(=O)CC.OCC1OC(n2cnc3c(NC4CCOC4)ncnc32)C(O)C1O. The van der Waals surface area contributed by atoms with Gasteiger partial charge >= 0.3 is 23.9 Å². The molecule has 356 valence electrons. The van der Waals surface area contributed by atoms with Crippen molar-refractivity contribution in [1.29, 1.82) is 0 Å². The molecule has 0 spiro atoms. The summed E-state index contributed by atoms with van der Waals surface area (Å²) >= 11 is 0. The van der Waals surface area contributed by atoms with Crippen LogP contribution in [-0.2, 0) is 52.3 Å². The first-order chi connectivity index (χ1) is 31.4. The number of fused-ring (bicyclic) bond motifs is 2. The molecule has 0 amide bonds. The van der Waals surface area contributed by atoms with Crippen molar-refractivity contribution in [1.82, 2.24) is 39.0 Å². The molecule has 0 saturated carbocycles. The molecule has 4 aliphatic rings. The Labute approximate surface area is 372 Å². The highest BCUT2D eigenvalue weighted by molar-refractivity contribution is 5.83. The van der Waals surface area contributed by atoms with Gasteiger partial charge in [0.15, 0.2) is 58.6 Å². The predicted molar refractivity (Wildman–Crippen MR) is 223 cm³/mol. The van der Waals surface area contributed by atoms with Crippen molar-refractivity contribution in [2.45, 2.75) is 127 Å². The number of aliphatic carboxylic acids is 1. The number of nitrogens with zero attached hydrogens (tertiary/aromatic N) is 8. The zero-order valence-corrected chi connectivity index (χ0v) is 36.4. The maximum Gasteiger partial charge on any atom is 0.306 e. The Kier molecular flexibility index (Phi) is 17.2. The van der Waals surface area contributed by atoms with E-state index in [1.165, 1.54) is 29.9 Å². The number of carboxylic acids is 1. The molecule has 4 aliphatic heterocycles. The molecular formula is C40H56N10O15. The fourth-order valence-corrected chi connectivity index (χ4v) is 7.16. The van der Waals surface area contributed by atoms with Crippen LogP contribution in [0.4, 0.5) is 11.6 Å². The zero-order chi connectivity index (χ0) is 46.6. The Morgan fingerprint density at radius 2 is 1.17 bits per heavy atom. The van der Waals surface area contributed by atoms with Gasteiger partial charge in [0.2, 0.25) is 0 Å². The van der Waals surface area contributed by atoms with Crippen molar-refractivity contribution in [2.75, 3.05) is 50.3 Å². The quantitative estimate of drug-likeness (QED) is 0.0704. The number of anilines is 2. The van der Waals surface area contributed by atoms with Gasteiger partial charge in [-0.25, -0.2) is 29.9 Å². The van der Waals surface area contributed by atoms with Gasteiger partial charge in [-0.05, 0) is 12.8 Å². The summed E-state index contributed by atoms with van der Waals surface area (Å²) in [5.74, 6) is -1.06. The summed E-state index contributed by atoms with van der Waals surface area (Å²) in [5.41, 5.74) is 1.95. The summed E-state index contributed by atoms with van der Waals surface area (Å²) < 4.78 is 42.2. The normalized spacial score (nSPS) is 27.1. The van der Waals surface area contributed by atoms with Gasteiger partial charge in [-0.15, -0.1) is 0 Å². The number of aromatic nitrogens is 8. The van der Waals surface area contributed by atoms with Crippen LogP contribution in [0.3, 0.4) is 0 Å². The second-order valence-corrected chi connectivity index (χ2v) is 15.2. The van der Waals surface area contributed by atoms with Crippen LogP contribution >= 0.6 is 0 Å². The van der Waals surface area contributed by atoms with Gasteiger partial charge in [0.1, 0.15) is 43.7 Å². The van der Waals surface area contributed by atoms with E-state index in [0.29, 0.717) is 60.4 Å². The molecule has 25 nitrogen and oxygen atoms in total. The molecule has 0 radical (unpaired) electrons. The van der Waals surface area contributed by atoms with E-state index in [2.05, 4.69) is 40.5 Å². The lowest BCUT2D eigenvalue weighted by atomic mass is 10.1. The molecule has 4 aromatic rings. The van der Waals surface area contributed by atoms with Crippen LogP contribution in [0, 0.1) is 0 Å². The molecular weight excluding hydrogens is 860 g/mol. The van der Waals surface area contributed by atoms with Crippen LogP contribution in [0.25, 0.3) is 22.3 Å². The molecule has 65 heavy (non-hydrogen) atoms. The van der Waals surface area contributed by atoms with E-state index in [1.807, 2.05) is 0 Å². The van der Waals surface area contributed by atoms with E-state index in [1.54, 1.807) is 32.3 Å². The summed E-state index contributed by atoms with van der Waals surface area (Å²) in [6.07, 6.45) is 0.213. The topological polar surface area (TPSA) is 325 Å². The van der Waals surface area contributed by atoms with Gasteiger partial charge in [-0.1, -0.05) is 27.7 Å². The van der Waals surface area contributed by atoms with Crippen LogP contribution in [0.1, 0.15) is 78.7 Å². The number of imidazole rings is 2. The summed E-state index contributed by atoms with van der Waals surface area (Å²) in [6, 6.07) is 0.270. The number of aliphatic hydroxyl groups is 3. The highest BCUT2D eigenvalue weighted by Crippen LogP contribution is 2.37. The number of nitrogens with one attached hydrogen (secondary N) is 2. The first-order valence-corrected chi connectivity index (χ1v) is 21.5. The van der Waals surface area contributed by atoms with E-state index in [0.717, 1.165) is 12.8 Å². The highest BCUT2D eigenvalue weighted by Gasteiger charge is 2.51. The number of aliphatic hydroxyl groups excluding tert-OH is 3. The van der Waals surface area contributed by atoms with Crippen LogP contribution in [0.5, 0.6) is 0 Å². The number of rotatable bonds is 15. The minimum absolute atomic E-state index is 0.102. The predicted octanol–water partition coefficient (Wildman–Crippen LogP) is 0.641. The first-order valence-electron chi connectivity index (χ1n) is 21.5. The number of hydrogen-bond donors (Lipinski definition) is 6. The lowest BCUT2D eigenvalue weighted by Crippen LogP contribution is -2.41. The van der Waals surface area contributed by atoms with Crippen LogP contribution in [0.2, 0.25) is 0 Å². The molecule has 10 unspecified atom stereocenters. The van der Waals surface area contributed by atoms with Gasteiger partial charge in [0.05, 0.1) is 44.6 Å². The minimum Gasteiger partial charge on any atom is -0.481 e. The second kappa shape index (κ2) is 23.0. The van der Waals surface area contributed by atoms with Gasteiger partial charge in [0, 0.05) is 38.9 Å². The molecule has 10 atom stereocenters. The van der Waals surface area contributed by atoms with Gasteiger partial charge in [-0.2, -0.15) is 0 Å². The monoisotopic (exact) mass is 916 g/mol. The van der Waals surface area contributed by atoms with Crippen molar-refractivity contribution in [3.8, 4) is 0 Å². The maximum atomic E-state index is 12.3. The summed E-state index contributed by atoms with van der Waals surface area (Å²) in [6.45, 7) is 8.57. The summed E-state index contributed by atoms with van der Waals surface area (Å²) in [4.78, 5) is 71.7. The fraction of sp³-hybridized carbons (Fsp3) is 0.650. The summed E-state index contributed by atoms with van der Waals surface area (Å²) in [7, 11) is 0. The zero-order valence-electron chi connectivity index (χ0n) is 36.4. The Balaban J connectivity index is 0.000000207. The molecule has 0 aromatic carbocycles. The smallest absolute Gasteiger partial charge is 0.306 e. The average molecular weight is 917 g/mol. The highest BCUT2D eigenvalue weighted by atomic mass is 16.7. The Hall–Kier alpha value is -5.70. The Bertz CT molecular complexity index is 2210. The standard InChI is InChI=1S/C23H31N5O8.C14H19N5O5.C3H6O2/c1-4-15(29)33-10-14-19(35-16(30)5-2)20(36-17(31)6-3)23(34-14)28-12-26-18-21(24-11-25-22(18)28)27-13-7-8-32-9-13;20-3-8-10(21)11(22)14(24-8)19-6-17-9-12(15-5-16-13(9)19)18-7-1-2-23-4-7;1-2-3(4)5/h11-14,19-20,23H,4-10H2,1-3H3,(H,24,25,27);5-8,10-11,14,20-22H,1-4H2,(H,15,16,18);2H2,1H3,(H,4,5). The third-order valence-corrected chi connectivity index (χ3v) is 10.7. The largest absolute Gasteiger partial charge is 0.481 e. The number of hydrogen-bond acceptors (Lipinski definition) is 22. The number of esters is 3. The van der Waals surface area contributed by atoms with Crippen LogP contribution < -0.4 is 10.6 Å². The maximum absolute atomic E-state index is 12.3. The van der Waals surface area contributed by atoms with Gasteiger partial charge < -0.3 is 64.2 Å². The van der Waals surface area contributed by atoms with Crippen LogP contribution in [-0.4, -0.2) is 172 Å². The molecule has 4 saturated heterocycles. The lowest BCUT2D eigenvalue weighted by molar-refractivity contribution is -0.169. The molecule has 4 aromatic heterocycles.